The monoisotopic (exact) mass is 379 g/mol. The summed E-state index contributed by atoms with van der Waals surface area (Å²) in [7, 11) is -1.33. The van der Waals surface area contributed by atoms with E-state index < -0.39 is 8.07 Å². The molecule has 0 unspecified atom stereocenters. The molecule has 7 heteroatoms. The Morgan fingerprint density at radius 1 is 1.11 bits per heavy atom. The molecule has 6 nitrogen and oxygen atoms in total. The lowest BCUT2D eigenvalue weighted by Gasteiger charge is -2.35. The van der Waals surface area contributed by atoms with Gasteiger partial charge in [0.25, 0.3) is 0 Å². The van der Waals surface area contributed by atoms with Gasteiger partial charge in [-0.3, -0.25) is 0 Å². The van der Waals surface area contributed by atoms with Gasteiger partial charge < -0.3 is 15.1 Å². The van der Waals surface area contributed by atoms with E-state index in [1.165, 1.54) is 5.19 Å². The van der Waals surface area contributed by atoms with Crippen molar-refractivity contribution in [3.8, 4) is 6.07 Å². The molecule has 3 rings (SSSR count). The third-order valence-electron chi connectivity index (χ3n) is 4.78. The van der Waals surface area contributed by atoms with Crippen molar-refractivity contribution >= 4 is 30.8 Å². The molecule has 0 saturated carbocycles. The first-order valence-corrected chi connectivity index (χ1v) is 12.6. The Morgan fingerprint density at radius 2 is 1.78 bits per heavy atom. The largest absolute Gasteiger partial charge is 0.352 e. The second-order valence-corrected chi connectivity index (χ2v) is 12.8. The molecule has 0 radical (unpaired) electrons. The zero-order valence-electron chi connectivity index (χ0n) is 16.1. The SMILES string of the molecule is C[Si](C)(C)c1ccc(NC(=O)N2CCN(c3ncccc3C#N)CC2)cc1. The van der Waals surface area contributed by atoms with Crippen LogP contribution in [0, 0.1) is 11.3 Å². The van der Waals surface area contributed by atoms with E-state index in [0.29, 0.717) is 37.6 Å². The van der Waals surface area contributed by atoms with Gasteiger partial charge in [0.1, 0.15) is 11.9 Å². The average molecular weight is 380 g/mol. The van der Waals surface area contributed by atoms with Crippen molar-refractivity contribution in [2.24, 2.45) is 0 Å². The van der Waals surface area contributed by atoms with Crippen molar-refractivity contribution in [1.82, 2.24) is 9.88 Å². The quantitative estimate of drug-likeness (QED) is 0.833. The fraction of sp³-hybridized carbons (Fsp3) is 0.350. The maximum Gasteiger partial charge on any atom is 0.321 e. The Kier molecular flexibility index (Phi) is 5.47. The standard InChI is InChI=1S/C20H25N5OSi/c1-27(2,3)18-8-6-17(7-9-18)23-20(26)25-13-11-24(12-14-25)19-16(15-21)5-4-10-22-19/h4-10H,11-14H2,1-3H3,(H,23,26). The number of nitrogens with zero attached hydrogens (tertiary/aromatic N) is 4. The lowest BCUT2D eigenvalue weighted by molar-refractivity contribution is 0.208. The maximum atomic E-state index is 12.6. The number of benzene rings is 1. The number of aromatic nitrogens is 1. The lowest BCUT2D eigenvalue weighted by atomic mass is 10.2. The molecule has 27 heavy (non-hydrogen) atoms. The van der Waals surface area contributed by atoms with Gasteiger partial charge in [-0.1, -0.05) is 37.0 Å². The molecule has 1 saturated heterocycles. The van der Waals surface area contributed by atoms with Crippen molar-refractivity contribution in [2.75, 3.05) is 36.4 Å². The number of rotatable bonds is 3. The molecule has 2 heterocycles. The normalized spacial score (nSPS) is 14.6. The number of hydrogen-bond acceptors (Lipinski definition) is 4. The summed E-state index contributed by atoms with van der Waals surface area (Å²) in [4.78, 5) is 20.7. The lowest BCUT2D eigenvalue weighted by Crippen LogP contribution is -2.50. The van der Waals surface area contributed by atoms with Crippen LogP contribution in [-0.2, 0) is 0 Å². The second-order valence-electron chi connectivity index (χ2n) is 7.72. The molecular formula is C20H25N5OSi. The summed E-state index contributed by atoms with van der Waals surface area (Å²) in [5, 5.41) is 13.6. The first kappa shape index (κ1) is 18.9. The van der Waals surface area contributed by atoms with Crippen molar-refractivity contribution in [2.45, 2.75) is 19.6 Å². The van der Waals surface area contributed by atoms with Crippen LogP contribution in [0.3, 0.4) is 0 Å². The highest BCUT2D eigenvalue weighted by Gasteiger charge is 2.23. The van der Waals surface area contributed by atoms with Crippen LogP contribution >= 0.6 is 0 Å². The summed E-state index contributed by atoms with van der Waals surface area (Å²) in [6, 6.07) is 13.8. The minimum atomic E-state index is -1.33. The molecular weight excluding hydrogens is 354 g/mol. The number of pyridine rings is 1. The summed E-state index contributed by atoms with van der Waals surface area (Å²) < 4.78 is 0. The smallest absolute Gasteiger partial charge is 0.321 e. The Hall–Kier alpha value is -2.85. The van der Waals surface area contributed by atoms with Gasteiger partial charge in [0.15, 0.2) is 0 Å². The number of hydrogen-bond donors (Lipinski definition) is 1. The summed E-state index contributed by atoms with van der Waals surface area (Å²) in [5.74, 6) is 0.696. The molecule has 0 aliphatic carbocycles. The first-order chi connectivity index (χ1) is 12.9. The molecule has 1 aromatic carbocycles. The Balaban J connectivity index is 1.58. The van der Waals surface area contributed by atoms with Crippen LogP contribution < -0.4 is 15.4 Å². The highest BCUT2D eigenvalue weighted by Crippen LogP contribution is 2.18. The van der Waals surface area contributed by atoms with E-state index in [4.69, 9.17) is 0 Å². The summed E-state index contributed by atoms with van der Waals surface area (Å²) in [6.07, 6.45) is 1.69. The second kappa shape index (κ2) is 7.80. The fourth-order valence-electron chi connectivity index (χ4n) is 3.11. The number of carbonyl (C=O) groups is 1. The van der Waals surface area contributed by atoms with Crippen LogP contribution in [0.5, 0.6) is 0 Å². The molecule has 1 aromatic heterocycles. The highest BCUT2D eigenvalue weighted by molar-refractivity contribution is 6.88. The molecule has 0 spiro atoms. The molecule has 2 aromatic rings. The average Bonchev–Trinajstić information content (AvgIpc) is 2.68. The molecule has 2 amide bonds. The Morgan fingerprint density at radius 3 is 2.37 bits per heavy atom. The van der Waals surface area contributed by atoms with E-state index in [0.717, 1.165) is 5.69 Å². The van der Waals surface area contributed by atoms with Crippen LogP contribution in [0.2, 0.25) is 19.6 Å². The Bertz CT molecular complexity index is 846. The minimum Gasteiger partial charge on any atom is -0.352 e. The summed E-state index contributed by atoms with van der Waals surface area (Å²) >= 11 is 0. The van der Waals surface area contributed by atoms with Crippen LogP contribution in [0.15, 0.2) is 42.6 Å². The van der Waals surface area contributed by atoms with Crippen molar-refractivity contribution < 1.29 is 4.79 Å². The van der Waals surface area contributed by atoms with Crippen molar-refractivity contribution in [1.29, 1.82) is 5.26 Å². The van der Waals surface area contributed by atoms with Gasteiger partial charge in [0, 0.05) is 38.1 Å². The van der Waals surface area contributed by atoms with Crippen LogP contribution in [-0.4, -0.2) is 50.2 Å². The topological polar surface area (TPSA) is 72.3 Å². The van der Waals surface area contributed by atoms with Crippen LogP contribution in [0.25, 0.3) is 0 Å². The van der Waals surface area contributed by atoms with Crippen molar-refractivity contribution in [3.05, 3.63) is 48.2 Å². The van der Waals surface area contributed by atoms with Gasteiger partial charge in [-0.15, -0.1) is 0 Å². The summed E-state index contributed by atoms with van der Waals surface area (Å²) in [6.45, 7) is 9.43. The van der Waals surface area contributed by atoms with E-state index in [9.17, 15) is 10.1 Å². The predicted molar refractivity (Wildman–Crippen MR) is 111 cm³/mol. The number of anilines is 2. The molecule has 1 aliphatic heterocycles. The van der Waals surface area contributed by atoms with Gasteiger partial charge in [-0.25, -0.2) is 9.78 Å². The number of piperazine rings is 1. The van der Waals surface area contributed by atoms with E-state index >= 15 is 0 Å². The third kappa shape index (κ3) is 4.47. The molecule has 1 aliphatic rings. The van der Waals surface area contributed by atoms with E-state index in [1.807, 2.05) is 12.1 Å². The van der Waals surface area contributed by atoms with E-state index in [1.54, 1.807) is 23.2 Å². The Labute approximate surface area is 161 Å². The van der Waals surface area contributed by atoms with Gasteiger partial charge in [0.2, 0.25) is 0 Å². The highest BCUT2D eigenvalue weighted by atomic mass is 28.3. The first-order valence-electron chi connectivity index (χ1n) is 9.15. The zero-order valence-corrected chi connectivity index (χ0v) is 17.1. The van der Waals surface area contributed by atoms with Crippen molar-refractivity contribution in [3.63, 3.8) is 0 Å². The van der Waals surface area contributed by atoms with Gasteiger partial charge in [0.05, 0.1) is 13.6 Å². The number of carbonyl (C=O) groups excluding carboxylic acids is 1. The molecule has 140 valence electrons. The van der Waals surface area contributed by atoms with E-state index in [2.05, 4.69) is 53.0 Å². The van der Waals surface area contributed by atoms with Crippen LogP contribution in [0.1, 0.15) is 5.56 Å². The molecule has 1 fully saturated rings. The minimum absolute atomic E-state index is 0.0862. The van der Waals surface area contributed by atoms with Crippen LogP contribution in [0.4, 0.5) is 16.3 Å². The van der Waals surface area contributed by atoms with Gasteiger partial charge in [-0.05, 0) is 24.3 Å². The maximum absolute atomic E-state index is 12.6. The van der Waals surface area contributed by atoms with Gasteiger partial charge in [-0.2, -0.15) is 5.26 Å². The summed E-state index contributed by atoms with van der Waals surface area (Å²) in [5.41, 5.74) is 1.39. The zero-order chi connectivity index (χ0) is 19.4. The predicted octanol–water partition coefficient (Wildman–Crippen LogP) is 2.85. The molecule has 1 N–H and O–H groups in total. The van der Waals surface area contributed by atoms with E-state index in [-0.39, 0.29) is 6.03 Å². The molecule has 0 bridgehead atoms. The number of urea groups is 1. The number of amides is 2. The third-order valence-corrected chi connectivity index (χ3v) is 6.84. The fourth-order valence-corrected chi connectivity index (χ4v) is 4.28. The number of nitriles is 1. The molecule has 0 atom stereocenters. The van der Waals surface area contributed by atoms with Gasteiger partial charge >= 0.3 is 6.03 Å². The number of nitrogens with one attached hydrogen (secondary N) is 1.